The number of carbonyl (C=O) groups is 1. The number of esters is 1. The summed E-state index contributed by atoms with van der Waals surface area (Å²) in [7, 11) is 0. The number of hydrogen-bond acceptors (Lipinski definition) is 3. The van der Waals surface area contributed by atoms with Gasteiger partial charge in [0.05, 0.1) is 0 Å². The highest BCUT2D eigenvalue weighted by Crippen LogP contribution is 2.41. The monoisotopic (exact) mass is 355 g/mol. The lowest BCUT2D eigenvalue weighted by atomic mass is 10.0. The van der Waals surface area contributed by atoms with Crippen LogP contribution in [0.25, 0.3) is 0 Å². The number of rotatable bonds is 3. The van der Waals surface area contributed by atoms with Gasteiger partial charge in [-0.05, 0) is 6.07 Å². The van der Waals surface area contributed by atoms with Gasteiger partial charge in [-0.25, -0.2) is 13.2 Å². The average molecular weight is 355 g/mol. The Kier molecular flexibility index (Phi) is 4.90. The second-order valence-electron chi connectivity index (χ2n) is 4.11. The zero-order valence-electron chi connectivity index (χ0n) is 10.5. The molecule has 1 aromatic rings. The topological polar surface area (TPSA) is 49.4 Å². The Morgan fingerprint density at radius 2 is 1.35 bits per heavy atom. The van der Waals surface area contributed by atoms with E-state index in [0.717, 1.165) is 0 Å². The van der Waals surface area contributed by atoms with Crippen molar-refractivity contribution in [3.8, 4) is 0 Å². The number of hydrogen-bond donors (Lipinski definition) is 0. The minimum atomic E-state index is -6.59. The lowest BCUT2D eigenvalue weighted by Crippen LogP contribution is -2.71. The van der Waals surface area contributed by atoms with Gasteiger partial charge in [-0.2, -0.15) is 26.3 Å². The maximum absolute atomic E-state index is 13.1. The summed E-state index contributed by atoms with van der Waals surface area (Å²) in [5.74, 6) is -8.30. The van der Waals surface area contributed by atoms with Crippen LogP contribution in [0, 0.1) is 17.5 Å². The highest BCUT2D eigenvalue weighted by atomic mass is 19.4. The molecule has 130 valence electrons. The molecule has 0 atom stereocenters. The van der Waals surface area contributed by atoms with E-state index in [-0.39, 0.29) is 12.1 Å². The van der Waals surface area contributed by atoms with Crippen molar-refractivity contribution in [3.63, 3.8) is 0 Å². The van der Waals surface area contributed by atoms with Crippen LogP contribution in [-0.2, 0) is 16.1 Å². The molecule has 12 heteroatoms. The zero-order valence-corrected chi connectivity index (χ0v) is 10.5. The number of alkyl halides is 6. The largest absolute Gasteiger partial charge is 0.828 e. The molecular weight excluding hydrogens is 351 g/mol. The lowest BCUT2D eigenvalue weighted by Gasteiger charge is -2.40. The van der Waals surface area contributed by atoms with Crippen molar-refractivity contribution in [1.82, 2.24) is 0 Å². The fourth-order valence-corrected chi connectivity index (χ4v) is 1.31. The van der Waals surface area contributed by atoms with E-state index >= 15 is 0 Å². The Balaban J connectivity index is 3.05. The van der Waals surface area contributed by atoms with Crippen LogP contribution < -0.4 is 5.11 Å². The molecule has 0 aromatic heterocycles. The first-order chi connectivity index (χ1) is 10.2. The summed E-state index contributed by atoms with van der Waals surface area (Å²) in [6.45, 7) is -1.64. The molecule has 0 aliphatic heterocycles. The van der Waals surface area contributed by atoms with Crippen LogP contribution in [0.4, 0.5) is 39.5 Å². The predicted octanol–water partition coefficient (Wildman–Crippen LogP) is 2.37. The maximum atomic E-state index is 13.1. The molecule has 0 aliphatic carbocycles. The quantitative estimate of drug-likeness (QED) is 0.475. The van der Waals surface area contributed by atoms with Gasteiger partial charge in [0.25, 0.3) is 0 Å². The van der Waals surface area contributed by atoms with Gasteiger partial charge in [-0.3, -0.25) is 4.79 Å². The molecule has 0 bridgehead atoms. The van der Waals surface area contributed by atoms with Crippen molar-refractivity contribution >= 4 is 5.97 Å². The maximum Gasteiger partial charge on any atom is 0.399 e. The summed E-state index contributed by atoms with van der Waals surface area (Å²) >= 11 is 0. The molecule has 0 spiro atoms. The number of carbonyl (C=O) groups excluding carboxylic acids is 1. The van der Waals surface area contributed by atoms with Crippen molar-refractivity contribution in [3.05, 3.63) is 35.1 Å². The number of ether oxygens (including phenoxy) is 1. The molecule has 0 saturated carbocycles. The highest BCUT2D eigenvalue weighted by molar-refractivity contribution is 5.81. The van der Waals surface area contributed by atoms with Crippen LogP contribution in [0.1, 0.15) is 5.56 Å². The van der Waals surface area contributed by atoms with E-state index in [1.807, 2.05) is 0 Å². The molecule has 0 heterocycles. The third-order valence-electron chi connectivity index (χ3n) is 2.53. The number of benzene rings is 1. The van der Waals surface area contributed by atoms with Crippen molar-refractivity contribution in [1.29, 1.82) is 0 Å². The van der Waals surface area contributed by atoms with Gasteiger partial charge < -0.3 is 9.84 Å². The summed E-state index contributed by atoms with van der Waals surface area (Å²) in [4.78, 5) is 10.9. The molecule has 1 aromatic carbocycles. The molecule has 1 rings (SSSR count). The van der Waals surface area contributed by atoms with Gasteiger partial charge in [0.2, 0.25) is 0 Å². The second-order valence-corrected chi connectivity index (χ2v) is 4.11. The molecule has 0 fully saturated rings. The second kappa shape index (κ2) is 5.91. The van der Waals surface area contributed by atoms with Crippen molar-refractivity contribution in [2.75, 3.05) is 0 Å². The van der Waals surface area contributed by atoms with E-state index in [2.05, 4.69) is 4.74 Å². The molecule has 0 saturated heterocycles. The predicted molar refractivity (Wildman–Crippen MR) is 51.0 cm³/mol. The van der Waals surface area contributed by atoms with Gasteiger partial charge in [0.1, 0.15) is 12.4 Å². The SMILES string of the molecule is O=C(OCc1cc(F)c(F)cc1F)C([O-])(C(F)(F)F)C(F)(F)F. The van der Waals surface area contributed by atoms with E-state index in [1.54, 1.807) is 0 Å². The lowest BCUT2D eigenvalue weighted by molar-refractivity contribution is -0.574. The molecule has 0 amide bonds. The summed E-state index contributed by atoms with van der Waals surface area (Å²) in [6, 6.07) is -0.0257. The van der Waals surface area contributed by atoms with Gasteiger partial charge in [0.15, 0.2) is 17.2 Å². The van der Waals surface area contributed by atoms with Crippen LogP contribution in [0.3, 0.4) is 0 Å². The molecule has 0 N–H and O–H groups in total. The van der Waals surface area contributed by atoms with E-state index in [0.29, 0.717) is 0 Å². The Morgan fingerprint density at radius 1 is 0.913 bits per heavy atom. The molecule has 23 heavy (non-hydrogen) atoms. The first kappa shape index (κ1) is 19.1. The molecule has 0 aliphatic rings. The summed E-state index contributed by atoms with van der Waals surface area (Å²) in [5.41, 5.74) is -7.17. The van der Waals surface area contributed by atoms with Crippen molar-refractivity contribution in [2.24, 2.45) is 0 Å². The standard InChI is InChI=1S/C11H4F9O3/c12-5-2-7(14)6(13)1-4(5)3-23-8(21)9(22,10(15,16)17)11(18,19)20/h1-2H,3H2/q-1. The number of halogens is 9. The summed E-state index contributed by atoms with van der Waals surface area (Å²) in [6.07, 6.45) is -13.2. The normalized spacial score (nSPS) is 13.1. The van der Waals surface area contributed by atoms with E-state index < -0.39 is 53.5 Å². The third-order valence-corrected chi connectivity index (χ3v) is 2.53. The van der Waals surface area contributed by atoms with E-state index in [1.165, 1.54) is 0 Å². The Morgan fingerprint density at radius 3 is 1.78 bits per heavy atom. The summed E-state index contributed by atoms with van der Waals surface area (Å²) < 4.78 is 116. The highest BCUT2D eigenvalue weighted by Gasteiger charge is 2.68. The fraction of sp³-hybridized carbons (Fsp3) is 0.364. The third kappa shape index (κ3) is 3.51. The zero-order chi connectivity index (χ0) is 18.2. The van der Waals surface area contributed by atoms with E-state index in [4.69, 9.17) is 0 Å². The van der Waals surface area contributed by atoms with Crippen molar-refractivity contribution in [2.45, 2.75) is 24.6 Å². The Hall–Kier alpha value is -1.98. The first-order valence-corrected chi connectivity index (χ1v) is 5.36. The van der Waals surface area contributed by atoms with Crippen LogP contribution in [0.15, 0.2) is 12.1 Å². The van der Waals surface area contributed by atoms with Crippen LogP contribution in [0.2, 0.25) is 0 Å². The minimum absolute atomic E-state index is 0.0472. The fourth-order valence-electron chi connectivity index (χ4n) is 1.31. The van der Waals surface area contributed by atoms with Crippen LogP contribution in [0.5, 0.6) is 0 Å². The van der Waals surface area contributed by atoms with Crippen molar-refractivity contribution < 1.29 is 54.2 Å². The van der Waals surface area contributed by atoms with Gasteiger partial charge in [-0.15, -0.1) is 0 Å². The molecular formula is C11H4F9O3-. The van der Waals surface area contributed by atoms with Crippen LogP contribution in [-0.4, -0.2) is 23.9 Å². The van der Waals surface area contributed by atoms with Gasteiger partial charge >= 0.3 is 18.3 Å². The Bertz CT molecular complexity index is 592. The van der Waals surface area contributed by atoms with Gasteiger partial charge in [0, 0.05) is 11.6 Å². The molecule has 0 unspecified atom stereocenters. The molecule has 0 radical (unpaired) electrons. The van der Waals surface area contributed by atoms with Crippen LogP contribution >= 0.6 is 0 Å². The molecule has 3 nitrogen and oxygen atoms in total. The smallest absolute Gasteiger partial charge is 0.399 e. The van der Waals surface area contributed by atoms with Gasteiger partial charge in [-0.1, -0.05) is 0 Å². The Labute approximate surface area is 121 Å². The first-order valence-electron chi connectivity index (χ1n) is 5.36. The summed E-state index contributed by atoms with van der Waals surface area (Å²) in [5, 5.41) is 10.9. The van der Waals surface area contributed by atoms with E-state index in [9.17, 15) is 49.4 Å². The average Bonchev–Trinajstić information content (AvgIpc) is 2.37. The minimum Gasteiger partial charge on any atom is -0.828 e.